The lowest BCUT2D eigenvalue weighted by molar-refractivity contribution is 0.539. The van der Waals surface area contributed by atoms with E-state index in [4.69, 9.17) is 0 Å². The molecule has 0 aromatic heterocycles. The van der Waals surface area contributed by atoms with Crippen LogP contribution in [0.1, 0.15) is 33.3 Å². The third-order valence-corrected chi connectivity index (χ3v) is 4.29. The summed E-state index contributed by atoms with van der Waals surface area (Å²) in [5.74, 6) is 0. The van der Waals surface area contributed by atoms with Crippen molar-refractivity contribution in [2.24, 2.45) is 5.41 Å². The molecule has 1 aliphatic rings. The van der Waals surface area contributed by atoms with Crippen LogP contribution in [0, 0.1) is 12.3 Å². The Hall–Kier alpha value is -1.50. The van der Waals surface area contributed by atoms with Crippen LogP contribution in [0.3, 0.4) is 0 Å². The van der Waals surface area contributed by atoms with E-state index in [1.807, 2.05) is 0 Å². The number of aryl methyl sites for hydroxylation is 1. The fraction of sp³-hybridized carbons (Fsp3) is 0.333. The molecule has 0 atom stereocenters. The van der Waals surface area contributed by atoms with Gasteiger partial charge in [0.1, 0.15) is 0 Å². The smallest absolute Gasteiger partial charge is 0.0815 e. The highest BCUT2D eigenvalue weighted by molar-refractivity contribution is 6.61. The Morgan fingerprint density at radius 3 is 2.11 bits per heavy atom. The Kier molecular flexibility index (Phi) is 3.84. The zero-order valence-electron chi connectivity index (χ0n) is 12.6. The van der Waals surface area contributed by atoms with Crippen molar-refractivity contribution in [2.75, 3.05) is 0 Å². The van der Waals surface area contributed by atoms with E-state index in [1.165, 1.54) is 27.6 Å². The third-order valence-electron chi connectivity index (χ3n) is 4.29. The number of rotatable bonds is 2. The largest absolute Gasteiger partial charge is 0.191 e. The number of hydrogen-bond acceptors (Lipinski definition) is 0. The van der Waals surface area contributed by atoms with Crippen LogP contribution in [0.5, 0.6) is 0 Å². The highest BCUT2D eigenvalue weighted by Crippen LogP contribution is 2.36. The van der Waals surface area contributed by atoms with E-state index >= 15 is 0 Å². The molecule has 0 heterocycles. The third kappa shape index (κ3) is 3.09. The van der Waals surface area contributed by atoms with Crippen LogP contribution in [0.25, 0.3) is 0 Å². The van der Waals surface area contributed by atoms with Gasteiger partial charge in [-0.05, 0) is 20.8 Å². The predicted molar refractivity (Wildman–Crippen MR) is 85.9 cm³/mol. The fourth-order valence-corrected chi connectivity index (χ4v) is 2.16. The zero-order valence-corrected chi connectivity index (χ0v) is 12.6. The van der Waals surface area contributed by atoms with Gasteiger partial charge in [0.2, 0.25) is 0 Å². The molecule has 0 aliphatic heterocycles. The summed E-state index contributed by atoms with van der Waals surface area (Å²) in [6, 6.07) is 8.66. The maximum atomic E-state index is 2.30. The Morgan fingerprint density at radius 1 is 0.842 bits per heavy atom. The molecule has 0 bridgehead atoms. The van der Waals surface area contributed by atoms with Crippen molar-refractivity contribution in [2.45, 2.75) is 34.6 Å². The molecule has 97 valence electrons. The number of benzene rings is 1. The van der Waals surface area contributed by atoms with Crippen LogP contribution in [0.2, 0.25) is 0 Å². The quantitative estimate of drug-likeness (QED) is 0.691. The molecule has 1 aromatic carbocycles. The number of allylic oxidation sites excluding steroid dienone is 6. The maximum Gasteiger partial charge on any atom is 0.191 e. The second-order valence-corrected chi connectivity index (χ2v) is 6.02. The molecule has 0 amide bonds. The molecule has 0 fully saturated rings. The molecule has 0 spiro atoms. The Bertz CT molecular complexity index is 554. The highest BCUT2D eigenvalue weighted by Gasteiger charge is 2.23. The van der Waals surface area contributed by atoms with E-state index in [2.05, 4.69) is 84.4 Å². The summed E-state index contributed by atoms with van der Waals surface area (Å²) in [7, 11) is 2.24. The van der Waals surface area contributed by atoms with Crippen molar-refractivity contribution >= 4 is 12.7 Å². The molecule has 1 aromatic rings. The first-order chi connectivity index (χ1) is 8.89. The molecular formula is C18H22B. The van der Waals surface area contributed by atoms with Gasteiger partial charge in [0.25, 0.3) is 0 Å². The van der Waals surface area contributed by atoms with E-state index in [0.717, 1.165) is 0 Å². The minimum absolute atomic E-state index is 0.152. The number of hydrogen-bond donors (Lipinski definition) is 0. The van der Waals surface area contributed by atoms with E-state index in [0.29, 0.717) is 0 Å². The van der Waals surface area contributed by atoms with Crippen LogP contribution < -0.4 is 5.46 Å². The van der Waals surface area contributed by atoms with Gasteiger partial charge < -0.3 is 0 Å². The van der Waals surface area contributed by atoms with Crippen LogP contribution in [0.4, 0.5) is 0 Å². The molecule has 1 heteroatoms. The molecule has 0 saturated heterocycles. The zero-order chi connectivity index (χ0) is 14.0. The summed E-state index contributed by atoms with van der Waals surface area (Å²) >= 11 is 0. The summed E-state index contributed by atoms with van der Waals surface area (Å²) < 4.78 is 0. The fourth-order valence-electron chi connectivity index (χ4n) is 2.16. The summed E-state index contributed by atoms with van der Waals surface area (Å²) in [6.07, 6.45) is 6.76. The summed E-state index contributed by atoms with van der Waals surface area (Å²) in [5, 5.41) is 0. The molecule has 0 nitrogen and oxygen atoms in total. The monoisotopic (exact) mass is 249 g/mol. The predicted octanol–water partition coefficient (Wildman–Crippen LogP) is 4.14. The van der Waals surface area contributed by atoms with E-state index in [9.17, 15) is 0 Å². The first-order valence-electron chi connectivity index (χ1n) is 6.89. The SMILES string of the molecule is CC1=CC=C([B]c2ccc(C)cc2)C=C(C)C1(C)C. The van der Waals surface area contributed by atoms with E-state index < -0.39 is 0 Å². The molecular weight excluding hydrogens is 227 g/mol. The van der Waals surface area contributed by atoms with Crippen molar-refractivity contribution in [3.05, 3.63) is 64.7 Å². The van der Waals surface area contributed by atoms with Crippen molar-refractivity contribution in [3.8, 4) is 0 Å². The van der Waals surface area contributed by atoms with Crippen molar-refractivity contribution in [1.29, 1.82) is 0 Å². The van der Waals surface area contributed by atoms with Gasteiger partial charge in [-0.25, -0.2) is 0 Å². The van der Waals surface area contributed by atoms with E-state index in [-0.39, 0.29) is 5.41 Å². The highest BCUT2D eigenvalue weighted by atomic mass is 14.3. The topological polar surface area (TPSA) is 0 Å². The van der Waals surface area contributed by atoms with Crippen LogP contribution in [-0.4, -0.2) is 7.28 Å². The van der Waals surface area contributed by atoms with Gasteiger partial charge in [-0.2, -0.15) is 0 Å². The normalized spacial score (nSPS) is 18.1. The second-order valence-electron chi connectivity index (χ2n) is 6.02. The Balaban J connectivity index is 2.27. The van der Waals surface area contributed by atoms with Gasteiger partial charge in [-0.15, -0.1) is 0 Å². The average molecular weight is 249 g/mol. The minimum Gasteiger partial charge on any atom is -0.0815 e. The van der Waals surface area contributed by atoms with E-state index in [1.54, 1.807) is 0 Å². The Labute approximate surface area is 118 Å². The maximum absolute atomic E-state index is 2.30. The molecule has 1 aliphatic carbocycles. The first kappa shape index (κ1) is 13.9. The van der Waals surface area contributed by atoms with Gasteiger partial charge in [0.05, 0.1) is 0 Å². The summed E-state index contributed by atoms with van der Waals surface area (Å²) in [5.41, 5.74) is 6.80. The lowest BCUT2D eigenvalue weighted by atomic mass is 9.62. The van der Waals surface area contributed by atoms with Crippen molar-refractivity contribution < 1.29 is 0 Å². The molecule has 0 unspecified atom stereocenters. The first-order valence-corrected chi connectivity index (χ1v) is 6.89. The molecule has 1 radical (unpaired) electrons. The summed E-state index contributed by atoms with van der Waals surface area (Å²) in [4.78, 5) is 0. The van der Waals surface area contributed by atoms with Crippen LogP contribution in [-0.2, 0) is 0 Å². The van der Waals surface area contributed by atoms with Crippen molar-refractivity contribution in [3.63, 3.8) is 0 Å². The summed E-state index contributed by atoms with van der Waals surface area (Å²) in [6.45, 7) is 11.1. The van der Waals surface area contributed by atoms with Gasteiger partial charge in [0.15, 0.2) is 7.28 Å². The van der Waals surface area contributed by atoms with Gasteiger partial charge in [-0.1, -0.05) is 84.0 Å². The van der Waals surface area contributed by atoms with Crippen molar-refractivity contribution in [1.82, 2.24) is 0 Å². The van der Waals surface area contributed by atoms with Gasteiger partial charge in [-0.3, -0.25) is 0 Å². The Morgan fingerprint density at radius 2 is 1.47 bits per heavy atom. The van der Waals surface area contributed by atoms with Gasteiger partial charge in [0, 0.05) is 5.41 Å². The molecule has 0 N–H and O–H groups in total. The molecule has 0 saturated carbocycles. The van der Waals surface area contributed by atoms with Gasteiger partial charge >= 0.3 is 0 Å². The standard InChI is InChI=1S/C18H22B/c1-13-6-9-16(10-7-13)19-17-11-8-14(2)18(4,5)15(3)12-17/h6-12H,1-5H3. The minimum atomic E-state index is 0.152. The van der Waals surface area contributed by atoms with Crippen LogP contribution >= 0.6 is 0 Å². The molecule has 2 rings (SSSR count). The molecule has 19 heavy (non-hydrogen) atoms. The average Bonchev–Trinajstić information content (AvgIpc) is 2.45. The lowest BCUT2D eigenvalue weighted by Crippen LogP contribution is -2.17. The second kappa shape index (κ2) is 5.24. The lowest BCUT2D eigenvalue weighted by Gasteiger charge is -2.26. The van der Waals surface area contributed by atoms with Crippen LogP contribution in [0.15, 0.2) is 59.1 Å².